The molecule has 0 bridgehead atoms. The molecular formula is C28H26. The Kier molecular flexibility index (Phi) is 4.88. The lowest BCUT2D eigenvalue weighted by Gasteiger charge is -2.22. The highest BCUT2D eigenvalue weighted by Gasteiger charge is 2.17. The highest BCUT2D eigenvalue weighted by atomic mass is 14.2. The Balaban J connectivity index is 1.81. The first kappa shape index (κ1) is 18.3. The summed E-state index contributed by atoms with van der Waals surface area (Å²) in [6, 6.07) is 37.1. The molecule has 0 radical (unpaired) electrons. The van der Waals surface area contributed by atoms with Gasteiger partial charge < -0.3 is 0 Å². The zero-order chi connectivity index (χ0) is 19.6. The van der Waals surface area contributed by atoms with E-state index in [9.17, 15) is 0 Å². The van der Waals surface area contributed by atoms with E-state index >= 15 is 0 Å². The van der Waals surface area contributed by atoms with Crippen LogP contribution in [0.25, 0.3) is 33.4 Å². The van der Waals surface area contributed by atoms with Gasteiger partial charge in [0.2, 0.25) is 0 Å². The molecule has 0 spiro atoms. The molecule has 0 heteroatoms. The molecule has 0 aliphatic carbocycles. The van der Waals surface area contributed by atoms with Crippen molar-refractivity contribution in [1.29, 1.82) is 0 Å². The summed E-state index contributed by atoms with van der Waals surface area (Å²) in [6.07, 6.45) is 0. The molecule has 0 nitrogen and oxygen atoms in total. The Labute approximate surface area is 168 Å². The Morgan fingerprint density at radius 1 is 0.429 bits per heavy atom. The van der Waals surface area contributed by atoms with Gasteiger partial charge in [-0.25, -0.2) is 0 Å². The fourth-order valence-electron chi connectivity index (χ4n) is 3.59. The van der Waals surface area contributed by atoms with Gasteiger partial charge in [0, 0.05) is 0 Å². The molecule has 0 aromatic heterocycles. The van der Waals surface area contributed by atoms with Crippen LogP contribution in [-0.2, 0) is 5.41 Å². The van der Waals surface area contributed by atoms with E-state index in [0.717, 1.165) is 0 Å². The van der Waals surface area contributed by atoms with Crippen molar-refractivity contribution in [2.75, 3.05) is 0 Å². The maximum Gasteiger partial charge on any atom is -0.0102 e. The molecule has 138 valence electrons. The molecule has 4 aromatic rings. The van der Waals surface area contributed by atoms with Crippen LogP contribution < -0.4 is 0 Å². The van der Waals surface area contributed by atoms with Gasteiger partial charge in [0.15, 0.2) is 0 Å². The highest BCUT2D eigenvalue weighted by molar-refractivity contribution is 5.85. The van der Waals surface area contributed by atoms with E-state index in [1.807, 2.05) is 0 Å². The third-order valence-corrected chi connectivity index (χ3v) is 5.27. The predicted molar refractivity (Wildman–Crippen MR) is 121 cm³/mol. The van der Waals surface area contributed by atoms with Crippen molar-refractivity contribution >= 4 is 0 Å². The van der Waals surface area contributed by atoms with Gasteiger partial charge in [-0.05, 0) is 44.4 Å². The minimum Gasteiger partial charge on any atom is -0.0622 e. The van der Waals surface area contributed by atoms with Crippen LogP contribution in [0.2, 0.25) is 0 Å². The van der Waals surface area contributed by atoms with Crippen molar-refractivity contribution in [3.63, 3.8) is 0 Å². The quantitative estimate of drug-likeness (QED) is 0.346. The Bertz CT molecular complexity index is 1050. The summed E-state index contributed by atoms with van der Waals surface area (Å²) < 4.78 is 0. The monoisotopic (exact) mass is 362 g/mol. The Morgan fingerprint density at radius 2 is 0.893 bits per heavy atom. The summed E-state index contributed by atoms with van der Waals surface area (Å²) >= 11 is 0. The summed E-state index contributed by atoms with van der Waals surface area (Å²) in [5, 5.41) is 0. The third-order valence-electron chi connectivity index (χ3n) is 5.27. The van der Waals surface area contributed by atoms with Crippen LogP contribution in [0.1, 0.15) is 26.3 Å². The second-order valence-corrected chi connectivity index (χ2v) is 8.32. The largest absolute Gasteiger partial charge is 0.0622 e. The smallest absolute Gasteiger partial charge is 0.0102 e. The maximum absolute atomic E-state index is 2.36. The van der Waals surface area contributed by atoms with Gasteiger partial charge in [-0.2, -0.15) is 0 Å². The van der Waals surface area contributed by atoms with Gasteiger partial charge in [-0.15, -0.1) is 0 Å². The molecule has 0 heterocycles. The van der Waals surface area contributed by atoms with Crippen molar-refractivity contribution in [3.8, 4) is 33.4 Å². The van der Waals surface area contributed by atoms with Gasteiger partial charge >= 0.3 is 0 Å². The summed E-state index contributed by atoms with van der Waals surface area (Å²) in [4.78, 5) is 0. The first-order chi connectivity index (χ1) is 13.5. The van der Waals surface area contributed by atoms with Gasteiger partial charge in [-0.1, -0.05) is 124 Å². The van der Waals surface area contributed by atoms with Crippen LogP contribution in [0, 0.1) is 0 Å². The molecule has 0 saturated heterocycles. The molecule has 0 N–H and O–H groups in total. The Morgan fingerprint density at radius 3 is 1.46 bits per heavy atom. The molecule has 0 saturated carbocycles. The molecule has 0 aliphatic heterocycles. The van der Waals surface area contributed by atoms with Crippen molar-refractivity contribution < 1.29 is 0 Å². The number of hydrogen-bond acceptors (Lipinski definition) is 0. The van der Waals surface area contributed by atoms with Crippen LogP contribution in [0.5, 0.6) is 0 Å². The fourth-order valence-corrected chi connectivity index (χ4v) is 3.59. The SMILES string of the molecule is CC(C)(C)c1ccc(-c2ccc(-c3ccccc3)cc2)c(-c2ccccc2)c1. The second kappa shape index (κ2) is 7.48. The zero-order valence-electron chi connectivity index (χ0n) is 16.8. The highest BCUT2D eigenvalue weighted by Crippen LogP contribution is 2.36. The van der Waals surface area contributed by atoms with E-state index in [1.165, 1.54) is 38.9 Å². The first-order valence-corrected chi connectivity index (χ1v) is 9.88. The molecule has 0 unspecified atom stereocenters. The number of hydrogen-bond donors (Lipinski definition) is 0. The molecule has 28 heavy (non-hydrogen) atoms. The molecule has 0 atom stereocenters. The second-order valence-electron chi connectivity index (χ2n) is 8.32. The fraction of sp³-hybridized carbons (Fsp3) is 0.143. The molecule has 4 aromatic carbocycles. The third kappa shape index (κ3) is 3.77. The lowest BCUT2D eigenvalue weighted by atomic mass is 9.83. The topological polar surface area (TPSA) is 0 Å². The lowest BCUT2D eigenvalue weighted by molar-refractivity contribution is 0.590. The van der Waals surface area contributed by atoms with Crippen LogP contribution >= 0.6 is 0 Å². The van der Waals surface area contributed by atoms with E-state index in [2.05, 4.69) is 124 Å². The maximum atomic E-state index is 2.36. The predicted octanol–water partition coefficient (Wildman–Crippen LogP) is 7.99. The van der Waals surface area contributed by atoms with E-state index in [-0.39, 0.29) is 5.41 Å². The van der Waals surface area contributed by atoms with E-state index in [0.29, 0.717) is 0 Å². The van der Waals surface area contributed by atoms with Crippen LogP contribution in [0.4, 0.5) is 0 Å². The van der Waals surface area contributed by atoms with E-state index < -0.39 is 0 Å². The molecule has 0 aliphatic rings. The average molecular weight is 363 g/mol. The van der Waals surface area contributed by atoms with Crippen molar-refractivity contribution in [2.45, 2.75) is 26.2 Å². The van der Waals surface area contributed by atoms with E-state index in [1.54, 1.807) is 0 Å². The van der Waals surface area contributed by atoms with Crippen LogP contribution in [0.3, 0.4) is 0 Å². The summed E-state index contributed by atoms with van der Waals surface area (Å²) in [7, 11) is 0. The molecule has 4 rings (SSSR count). The summed E-state index contributed by atoms with van der Waals surface area (Å²) in [5.41, 5.74) is 9.06. The van der Waals surface area contributed by atoms with Crippen LogP contribution in [0.15, 0.2) is 103 Å². The van der Waals surface area contributed by atoms with Crippen molar-refractivity contribution in [2.24, 2.45) is 0 Å². The van der Waals surface area contributed by atoms with Crippen molar-refractivity contribution in [1.82, 2.24) is 0 Å². The van der Waals surface area contributed by atoms with Crippen LogP contribution in [-0.4, -0.2) is 0 Å². The molecule has 0 amide bonds. The minimum absolute atomic E-state index is 0.124. The van der Waals surface area contributed by atoms with Gasteiger partial charge in [0.1, 0.15) is 0 Å². The standard InChI is InChI=1S/C28H26/c1-28(2,3)25-18-19-26(27(20-25)23-12-8-5-9-13-23)24-16-14-22(15-17-24)21-10-6-4-7-11-21/h4-20H,1-3H3. The molecule has 0 fully saturated rings. The normalized spacial score (nSPS) is 11.4. The molecular weight excluding hydrogens is 336 g/mol. The van der Waals surface area contributed by atoms with Crippen molar-refractivity contribution in [3.05, 3.63) is 109 Å². The van der Waals surface area contributed by atoms with Gasteiger partial charge in [-0.3, -0.25) is 0 Å². The summed E-state index contributed by atoms with van der Waals surface area (Å²) in [5.74, 6) is 0. The Hall–Kier alpha value is -3.12. The minimum atomic E-state index is 0.124. The lowest BCUT2D eigenvalue weighted by Crippen LogP contribution is -2.11. The first-order valence-electron chi connectivity index (χ1n) is 9.88. The zero-order valence-corrected chi connectivity index (χ0v) is 16.8. The summed E-state index contributed by atoms with van der Waals surface area (Å²) in [6.45, 7) is 6.81. The van der Waals surface area contributed by atoms with Gasteiger partial charge in [0.25, 0.3) is 0 Å². The van der Waals surface area contributed by atoms with Gasteiger partial charge in [0.05, 0.1) is 0 Å². The number of rotatable bonds is 3. The average Bonchev–Trinajstić information content (AvgIpc) is 2.74. The number of benzene rings is 4. The van der Waals surface area contributed by atoms with E-state index in [4.69, 9.17) is 0 Å².